The predicted octanol–water partition coefficient (Wildman–Crippen LogP) is 4.71. The summed E-state index contributed by atoms with van der Waals surface area (Å²) in [6, 6.07) is 18.0. The molecule has 3 aromatic rings. The summed E-state index contributed by atoms with van der Waals surface area (Å²) in [6.45, 7) is 0. The van der Waals surface area contributed by atoms with Gasteiger partial charge in [0, 0.05) is 17.7 Å². The molecule has 1 aromatic heterocycles. The van der Waals surface area contributed by atoms with E-state index in [1.54, 1.807) is 36.4 Å². The molecule has 0 spiro atoms. The second-order valence-electron chi connectivity index (χ2n) is 5.71. The molecule has 0 saturated heterocycles. The summed E-state index contributed by atoms with van der Waals surface area (Å²) in [5, 5.41) is 20.2. The van der Waals surface area contributed by atoms with Crippen molar-refractivity contribution in [2.24, 2.45) is 0 Å². The largest absolute Gasteiger partial charge is 0.465 e. The number of allylic oxidation sites excluding steroid dienone is 1. The summed E-state index contributed by atoms with van der Waals surface area (Å²) in [4.78, 5) is 22.2. The van der Waals surface area contributed by atoms with Crippen molar-refractivity contribution < 1.29 is 18.9 Å². The third-order valence-electron chi connectivity index (χ3n) is 4.02. The number of carbonyl (C=O) groups excluding carboxylic acids is 1. The molecular weight excluding hydrogens is 360 g/mol. The molecular formula is C21H14N2O5. The number of hydrogen-bond acceptors (Lipinski definition) is 6. The van der Waals surface area contributed by atoms with Crippen LogP contribution in [0.4, 0.5) is 5.69 Å². The highest BCUT2D eigenvalue weighted by Crippen LogP contribution is 2.28. The van der Waals surface area contributed by atoms with Crippen molar-refractivity contribution in [3.05, 3.63) is 87.7 Å². The summed E-state index contributed by atoms with van der Waals surface area (Å²) in [5.74, 6) is 0.380. The van der Waals surface area contributed by atoms with Crippen molar-refractivity contribution in [2.75, 3.05) is 7.11 Å². The maximum atomic E-state index is 11.9. The number of hydrogen-bond donors (Lipinski definition) is 0. The van der Waals surface area contributed by atoms with Gasteiger partial charge in [0.15, 0.2) is 0 Å². The standard InChI is InChI=1S/C21H14N2O5/c1-27-21(24)19-5-3-2-4-18(19)20-11-10-17(28-20)12-15(13-22)14-6-8-16(9-7-14)23(25)26/h2-12H,1H3/b15-12-. The molecule has 0 unspecified atom stereocenters. The molecule has 28 heavy (non-hydrogen) atoms. The van der Waals surface area contributed by atoms with E-state index in [1.165, 1.54) is 37.5 Å². The second-order valence-corrected chi connectivity index (χ2v) is 5.71. The van der Waals surface area contributed by atoms with E-state index >= 15 is 0 Å². The van der Waals surface area contributed by atoms with Crippen molar-refractivity contribution in [1.29, 1.82) is 5.26 Å². The van der Waals surface area contributed by atoms with Crippen LogP contribution in [0.15, 0.2) is 65.1 Å². The Bertz CT molecular complexity index is 1100. The first-order valence-electron chi connectivity index (χ1n) is 8.17. The van der Waals surface area contributed by atoms with Crippen molar-refractivity contribution in [2.45, 2.75) is 0 Å². The van der Waals surface area contributed by atoms with Crippen molar-refractivity contribution in [1.82, 2.24) is 0 Å². The smallest absolute Gasteiger partial charge is 0.338 e. The Kier molecular flexibility index (Phi) is 5.33. The van der Waals surface area contributed by atoms with E-state index in [1.807, 2.05) is 0 Å². The Morgan fingerprint density at radius 3 is 2.50 bits per heavy atom. The summed E-state index contributed by atoms with van der Waals surface area (Å²) in [5.41, 5.74) is 1.70. The van der Waals surface area contributed by atoms with Gasteiger partial charge in [-0.05, 0) is 42.0 Å². The number of nitro benzene ring substituents is 1. The third kappa shape index (κ3) is 3.81. The molecule has 0 radical (unpaired) electrons. The van der Waals surface area contributed by atoms with Crippen LogP contribution in [0, 0.1) is 21.4 Å². The number of nitro groups is 1. The van der Waals surface area contributed by atoms with Crippen molar-refractivity contribution in [3.63, 3.8) is 0 Å². The normalized spacial score (nSPS) is 10.9. The fourth-order valence-corrected chi connectivity index (χ4v) is 2.65. The molecule has 0 bridgehead atoms. The molecule has 0 fully saturated rings. The number of ether oxygens (including phenoxy) is 1. The average Bonchev–Trinajstić information content (AvgIpc) is 3.20. The first kappa shape index (κ1) is 18.6. The van der Waals surface area contributed by atoms with E-state index in [0.29, 0.717) is 28.2 Å². The zero-order valence-electron chi connectivity index (χ0n) is 14.8. The molecule has 0 amide bonds. The first-order chi connectivity index (χ1) is 13.5. The van der Waals surface area contributed by atoms with Gasteiger partial charge in [0.2, 0.25) is 0 Å². The lowest BCUT2D eigenvalue weighted by atomic mass is 10.1. The van der Waals surface area contributed by atoms with Gasteiger partial charge < -0.3 is 9.15 Å². The monoisotopic (exact) mass is 374 g/mol. The highest BCUT2D eigenvalue weighted by atomic mass is 16.6. The number of methoxy groups -OCH3 is 1. The lowest BCUT2D eigenvalue weighted by Crippen LogP contribution is -2.02. The Morgan fingerprint density at radius 1 is 1.14 bits per heavy atom. The van der Waals surface area contributed by atoms with E-state index in [0.717, 1.165) is 0 Å². The Hall–Kier alpha value is -4.18. The van der Waals surface area contributed by atoms with Crippen LogP contribution in [-0.4, -0.2) is 18.0 Å². The molecule has 138 valence electrons. The van der Waals surface area contributed by atoms with Crippen LogP contribution in [-0.2, 0) is 4.74 Å². The van der Waals surface area contributed by atoms with Gasteiger partial charge in [-0.3, -0.25) is 10.1 Å². The average molecular weight is 374 g/mol. The number of esters is 1. The Balaban J connectivity index is 1.94. The molecule has 0 aliphatic carbocycles. The number of carbonyl (C=O) groups is 1. The lowest BCUT2D eigenvalue weighted by molar-refractivity contribution is -0.384. The van der Waals surface area contributed by atoms with Crippen LogP contribution in [0.5, 0.6) is 0 Å². The summed E-state index contributed by atoms with van der Waals surface area (Å²) in [6.07, 6.45) is 1.53. The molecule has 0 aliphatic heterocycles. The van der Waals surface area contributed by atoms with Gasteiger partial charge in [-0.25, -0.2) is 4.79 Å². The predicted molar refractivity (Wildman–Crippen MR) is 102 cm³/mol. The topological polar surface area (TPSA) is 106 Å². The number of nitriles is 1. The molecule has 0 atom stereocenters. The number of benzene rings is 2. The summed E-state index contributed by atoms with van der Waals surface area (Å²) in [7, 11) is 1.30. The molecule has 0 saturated carbocycles. The molecule has 1 heterocycles. The molecule has 0 aliphatic rings. The number of nitrogens with zero attached hydrogens (tertiary/aromatic N) is 2. The third-order valence-corrected chi connectivity index (χ3v) is 4.02. The minimum absolute atomic E-state index is 0.0549. The number of furan rings is 1. The van der Waals surface area contributed by atoms with Crippen LogP contribution in [0.25, 0.3) is 23.0 Å². The fraction of sp³-hybridized carbons (Fsp3) is 0.0476. The van der Waals surface area contributed by atoms with Crippen molar-refractivity contribution in [3.8, 4) is 17.4 Å². The van der Waals surface area contributed by atoms with Gasteiger partial charge in [-0.15, -0.1) is 0 Å². The SMILES string of the molecule is COC(=O)c1ccccc1-c1ccc(/C=C(/C#N)c2ccc([N+](=O)[O-])cc2)o1. The molecule has 7 heteroatoms. The van der Waals surface area contributed by atoms with Crippen LogP contribution >= 0.6 is 0 Å². The minimum Gasteiger partial charge on any atom is -0.465 e. The maximum absolute atomic E-state index is 11.9. The van der Waals surface area contributed by atoms with E-state index in [2.05, 4.69) is 6.07 Å². The number of non-ortho nitro benzene ring substituents is 1. The fourth-order valence-electron chi connectivity index (χ4n) is 2.65. The maximum Gasteiger partial charge on any atom is 0.338 e. The highest BCUT2D eigenvalue weighted by molar-refractivity contribution is 5.96. The Morgan fingerprint density at radius 2 is 1.86 bits per heavy atom. The molecule has 3 rings (SSSR count). The van der Waals surface area contributed by atoms with Gasteiger partial charge >= 0.3 is 5.97 Å². The Labute approximate surface area is 160 Å². The summed E-state index contributed by atoms with van der Waals surface area (Å²) < 4.78 is 10.6. The summed E-state index contributed by atoms with van der Waals surface area (Å²) >= 11 is 0. The highest BCUT2D eigenvalue weighted by Gasteiger charge is 2.15. The zero-order valence-corrected chi connectivity index (χ0v) is 14.8. The van der Waals surface area contributed by atoms with E-state index < -0.39 is 10.9 Å². The quantitative estimate of drug-likeness (QED) is 0.277. The molecule has 2 aromatic carbocycles. The van der Waals surface area contributed by atoms with Gasteiger partial charge in [0.1, 0.15) is 11.5 Å². The van der Waals surface area contributed by atoms with Gasteiger partial charge in [-0.1, -0.05) is 18.2 Å². The van der Waals surface area contributed by atoms with Gasteiger partial charge in [0.25, 0.3) is 5.69 Å². The van der Waals surface area contributed by atoms with E-state index in [9.17, 15) is 20.2 Å². The van der Waals surface area contributed by atoms with Crippen LogP contribution in [0.2, 0.25) is 0 Å². The molecule has 0 N–H and O–H groups in total. The van der Waals surface area contributed by atoms with Crippen LogP contribution in [0.1, 0.15) is 21.7 Å². The van der Waals surface area contributed by atoms with Gasteiger partial charge in [0.05, 0.1) is 29.2 Å². The van der Waals surface area contributed by atoms with Gasteiger partial charge in [-0.2, -0.15) is 5.26 Å². The minimum atomic E-state index is -0.503. The van der Waals surface area contributed by atoms with Crippen LogP contribution in [0.3, 0.4) is 0 Å². The van der Waals surface area contributed by atoms with Crippen molar-refractivity contribution >= 4 is 23.3 Å². The first-order valence-corrected chi connectivity index (χ1v) is 8.17. The molecule has 7 nitrogen and oxygen atoms in total. The zero-order chi connectivity index (χ0) is 20.1. The lowest BCUT2D eigenvalue weighted by Gasteiger charge is -2.04. The second kappa shape index (κ2) is 8.01. The number of rotatable bonds is 5. The van der Waals surface area contributed by atoms with E-state index in [-0.39, 0.29) is 11.3 Å². The van der Waals surface area contributed by atoms with Crippen LogP contribution < -0.4 is 0 Å². The van der Waals surface area contributed by atoms with E-state index in [4.69, 9.17) is 9.15 Å².